The summed E-state index contributed by atoms with van der Waals surface area (Å²) in [5.41, 5.74) is 6.82. The van der Waals surface area contributed by atoms with Crippen molar-refractivity contribution in [2.75, 3.05) is 107 Å². The number of hydrogen-bond acceptors (Lipinski definition) is 19. The Hall–Kier alpha value is -5.60. The minimum Gasteiger partial charge on any atom is -0.870 e. The van der Waals surface area contributed by atoms with E-state index >= 15 is 0 Å². The molecule has 3 fully saturated rings. The Morgan fingerprint density at radius 1 is 0.627 bits per heavy atom. The van der Waals surface area contributed by atoms with Crippen LogP contribution in [0.25, 0.3) is 0 Å². The van der Waals surface area contributed by atoms with E-state index in [0.717, 1.165) is 34.5 Å². The molecule has 0 unspecified atom stereocenters. The second kappa shape index (κ2) is 45.7. The van der Waals surface area contributed by atoms with Crippen molar-refractivity contribution >= 4 is 53.9 Å². The number of piperidine rings is 3. The number of primary amides is 1. The molecule has 0 saturated carbocycles. The maximum absolute atomic E-state index is 13.5. The standard InChI is InChI=1S/C21H27FN4O2.C21H25FN4O.C20H29N3O3.C6H4FNO.C4H10O.CH2Cl2.CH4.ClH.K.H2O/c1-25(2)13-18-14-26(12-15-8-19(22)11-24-10-15)7-6-21(18,28)17-5-3-4-16(9-17)20(23)27;1-25(2)14-19-15-26(13-17-9-20(22)12-24-11-17)7-6-21(19,27)18-5-3-4-16(8-18)10-23;1-19(2,3)26-18(24)23-10-9-20(25,17(14-23)13-22(4)5)16-8-6-7-15(11-16)12-21;7-6-1-5(4-9)2-8-3-6;1-4(2,3)5;2-1-3;;;;/h3-5,8-11,18,28H,6-7,12-14H2,1-2H3,(H2,23,27);3-5,8-9,11-12,19,27H,6-7,13-15H2,1-2H3;6-8,11,17,25H,9-10,13-14H2,1-5H3;1-4H;5H,1-3H3;1H2;1H4;1H;;1H2/q;;;;;;;;+1;/p-1/t18-,21-;19-,21-;17-,20-;;;;;;;/m000......./s1. The van der Waals surface area contributed by atoms with Crippen LogP contribution in [-0.4, -0.2) is 206 Å². The van der Waals surface area contributed by atoms with Gasteiger partial charge >= 0.3 is 57.5 Å². The van der Waals surface area contributed by atoms with Gasteiger partial charge in [0.05, 0.1) is 69.6 Å². The number of rotatable bonds is 15. The summed E-state index contributed by atoms with van der Waals surface area (Å²) < 4.78 is 44.5. The van der Waals surface area contributed by atoms with E-state index in [2.05, 4.69) is 41.8 Å². The SMILES string of the molecule is C.CC(C)(C)O.CN(C)C[C@H]1CN(C(=O)OC(C)(C)C)CC[C@]1(O)c1cccc(C#N)c1.CN(C)C[C@H]1CN(Cc2cncc(F)c2)CC[C@]1(O)c1cccc(C#N)c1.CN(C)C[C@H]1CN(Cc2cncc(F)c2)CC[C@]1(O)c1cccc(C(N)=O)c1.Cl.ClCCl.O=Cc1cncc(F)c1.[K+].[OH-]. The molecule has 102 heavy (non-hydrogen) atoms. The van der Waals surface area contributed by atoms with Crippen molar-refractivity contribution < 1.29 is 110 Å². The number of hydrogen-bond donors (Lipinski definition) is 5. The molecule has 6 aromatic rings. The van der Waals surface area contributed by atoms with Crippen molar-refractivity contribution in [3.8, 4) is 12.1 Å². The van der Waals surface area contributed by atoms with Crippen LogP contribution < -0.4 is 57.1 Å². The number of alkyl halides is 2. The molecule has 0 bridgehead atoms. The summed E-state index contributed by atoms with van der Waals surface area (Å²) in [6.07, 6.45) is 9.77. The molecule has 0 radical (unpaired) electrons. The number of nitriles is 2. The fraction of sp³-hybridized carbons (Fsp3) is 0.486. The first-order chi connectivity index (χ1) is 46.0. The summed E-state index contributed by atoms with van der Waals surface area (Å²) >= 11 is 9.53. The average Bonchev–Trinajstić information content (AvgIpc) is 0.787. The maximum atomic E-state index is 13.5. The molecule has 2 amide bonds. The number of pyridine rings is 3. The molecular weight excluding hydrogens is 1400 g/mol. The molecule has 9 rings (SSSR count). The average molecular weight is 1510 g/mol. The van der Waals surface area contributed by atoms with Crippen molar-refractivity contribution in [1.82, 2.24) is 44.4 Å². The number of nitrogens with two attached hydrogens (primary N) is 1. The quantitative estimate of drug-likeness (QED) is 0.0375. The minimum absolute atomic E-state index is 0. The number of likely N-dealkylation sites (tertiary alicyclic amines) is 3. The number of amides is 2. The first-order valence-electron chi connectivity index (χ1n) is 32.0. The van der Waals surface area contributed by atoms with Crippen LogP contribution in [0, 0.1) is 57.9 Å². The molecule has 6 atom stereocenters. The van der Waals surface area contributed by atoms with Crippen LogP contribution in [0.5, 0.6) is 0 Å². The van der Waals surface area contributed by atoms with Crippen LogP contribution in [-0.2, 0) is 34.6 Å². The smallest absolute Gasteiger partial charge is 0.870 e. The van der Waals surface area contributed by atoms with Crippen LogP contribution in [0.3, 0.4) is 0 Å². The summed E-state index contributed by atoms with van der Waals surface area (Å²) in [5.74, 6) is -1.98. The van der Waals surface area contributed by atoms with E-state index in [1.165, 1.54) is 30.7 Å². The molecule has 556 valence electrons. The van der Waals surface area contributed by atoms with E-state index in [1.54, 1.807) is 86.6 Å². The summed E-state index contributed by atoms with van der Waals surface area (Å²) in [6.45, 7) is 17.4. The normalized spacial score (nSPS) is 20.1. The number of nitrogens with zero attached hydrogens (tertiary/aromatic N) is 11. The van der Waals surface area contributed by atoms with Gasteiger partial charge in [-0.3, -0.25) is 34.3 Å². The minimum atomic E-state index is -1.09. The fourth-order valence-corrected chi connectivity index (χ4v) is 11.8. The summed E-state index contributed by atoms with van der Waals surface area (Å²) in [4.78, 5) is 57.5. The van der Waals surface area contributed by atoms with Gasteiger partial charge in [0, 0.05) is 119 Å². The van der Waals surface area contributed by atoms with Gasteiger partial charge < -0.3 is 56.0 Å². The molecule has 0 aliphatic carbocycles. The van der Waals surface area contributed by atoms with Gasteiger partial charge in [0.25, 0.3) is 0 Å². The van der Waals surface area contributed by atoms with Crippen LogP contribution in [0.1, 0.15) is 128 Å². The Balaban J connectivity index is 0.00000132. The zero-order valence-electron chi connectivity index (χ0n) is 60.2. The second-order valence-corrected chi connectivity index (χ2v) is 28.3. The summed E-state index contributed by atoms with van der Waals surface area (Å²) in [7, 11) is 11.8. The van der Waals surface area contributed by atoms with E-state index in [-0.39, 0.29) is 123 Å². The van der Waals surface area contributed by atoms with Crippen LogP contribution in [0.15, 0.2) is 128 Å². The molecule has 0 spiro atoms. The van der Waals surface area contributed by atoms with Crippen LogP contribution >= 0.6 is 35.6 Å². The van der Waals surface area contributed by atoms with E-state index in [0.29, 0.717) is 120 Å². The fourth-order valence-electron chi connectivity index (χ4n) is 11.8. The molecule has 3 aromatic heterocycles. The summed E-state index contributed by atoms with van der Waals surface area (Å²) in [5, 5.41) is 61.7. The largest absolute Gasteiger partial charge is 1.00 e. The topological polar surface area (TPSA) is 303 Å². The van der Waals surface area contributed by atoms with Crippen molar-refractivity contribution in [2.45, 2.75) is 109 Å². The van der Waals surface area contributed by atoms with Gasteiger partial charge in [0.15, 0.2) is 6.29 Å². The second-order valence-electron chi connectivity index (χ2n) is 27.5. The van der Waals surface area contributed by atoms with Gasteiger partial charge in [0.1, 0.15) is 23.1 Å². The van der Waals surface area contributed by atoms with E-state index in [9.17, 15) is 48.1 Å². The van der Waals surface area contributed by atoms with Gasteiger partial charge in [-0.1, -0.05) is 43.8 Å². The molecule has 6 heterocycles. The zero-order chi connectivity index (χ0) is 73.2. The first-order valence-corrected chi connectivity index (χ1v) is 33.1. The number of ether oxygens (including phenoxy) is 1. The zero-order valence-corrected chi connectivity index (χ0v) is 65.7. The van der Waals surface area contributed by atoms with Crippen molar-refractivity contribution in [2.24, 2.45) is 23.5 Å². The van der Waals surface area contributed by atoms with E-state index < -0.39 is 39.7 Å². The number of carbonyl (C=O) groups is 3. The maximum Gasteiger partial charge on any atom is 1.00 e. The predicted octanol–water partition coefficient (Wildman–Crippen LogP) is 7.64. The van der Waals surface area contributed by atoms with Gasteiger partial charge in [-0.2, -0.15) is 10.5 Å². The predicted molar refractivity (Wildman–Crippen MR) is 390 cm³/mol. The van der Waals surface area contributed by atoms with Crippen LogP contribution in [0.4, 0.5) is 18.0 Å². The summed E-state index contributed by atoms with van der Waals surface area (Å²) in [6, 6.07) is 29.7. The Bertz CT molecular complexity index is 3600. The molecular formula is C74H103Cl3F3KN12O9. The van der Waals surface area contributed by atoms with Crippen molar-refractivity contribution in [3.63, 3.8) is 0 Å². The van der Waals surface area contributed by atoms with Crippen LogP contribution in [0.2, 0.25) is 0 Å². The van der Waals surface area contributed by atoms with E-state index in [4.69, 9.17) is 44.0 Å². The van der Waals surface area contributed by atoms with E-state index in [1.807, 2.05) is 97.1 Å². The molecule has 7 N–H and O–H groups in total. The molecule has 28 heteroatoms. The number of aldehydes is 1. The first kappa shape index (κ1) is 96.4. The molecule has 3 aliphatic heterocycles. The Morgan fingerprint density at radius 3 is 1.31 bits per heavy atom. The van der Waals surface area contributed by atoms with Gasteiger partial charge in [0.2, 0.25) is 5.91 Å². The number of benzene rings is 3. The number of carbonyl (C=O) groups excluding carboxylic acids is 3. The number of aliphatic hydroxyl groups is 4. The number of halogens is 6. The molecule has 3 aliphatic rings. The van der Waals surface area contributed by atoms with Crippen molar-refractivity contribution in [1.29, 1.82) is 10.5 Å². The Labute approximate surface area is 659 Å². The van der Waals surface area contributed by atoms with Gasteiger partial charge in [-0.25, -0.2) is 18.0 Å². The Morgan fingerprint density at radius 2 is 0.980 bits per heavy atom. The third kappa shape index (κ3) is 32.4. The van der Waals surface area contributed by atoms with Gasteiger partial charge in [-0.15, -0.1) is 35.6 Å². The Kier molecular flexibility index (Phi) is 43.2. The monoisotopic (exact) mass is 1500 g/mol. The van der Waals surface area contributed by atoms with Crippen molar-refractivity contribution in [3.05, 3.63) is 196 Å². The number of aromatic nitrogens is 3. The van der Waals surface area contributed by atoms with Gasteiger partial charge in [-0.05, 0) is 186 Å². The molecule has 3 saturated heterocycles. The third-order valence-electron chi connectivity index (χ3n) is 16.0. The third-order valence-corrected chi connectivity index (χ3v) is 16.0. The molecule has 3 aromatic carbocycles. The molecule has 21 nitrogen and oxygen atoms in total.